The molecule has 0 aliphatic carbocycles. The Hall–Kier alpha value is -2.39. The average molecular weight is 474 g/mol. The fourth-order valence-corrected chi connectivity index (χ4v) is 4.42. The lowest BCUT2D eigenvalue weighted by Gasteiger charge is -2.27. The molecule has 8 heteroatoms. The first-order chi connectivity index (χ1) is 15.6. The number of phenols is 1. The maximum absolute atomic E-state index is 13.3. The lowest BCUT2D eigenvalue weighted by Crippen LogP contribution is -2.53. The number of amides is 2. The van der Waals surface area contributed by atoms with E-state index in [9.17, 15) is 19.2 Å². The van der Waals surface area contributed by atoms with Crippen LogP contribution >= 0.6 is 0 Å². The van der Waals surface area contributed by atoms with Crippen LogP contribution in [0.2, 0.25) is 0 Å². The number of carbonyl (C=O) groups excluding carboxylic acids is 2. The van der Waals surface area contributed by atoms with Crippen LogP contribution in [0.3, 0.4) is 0 Å². The third kappa shape index (κ3) is 8.16. The Kier molecular flexibility index (Phi) is 10.4. The molecule has 0 bridgehead atoms. The number of nitrogens with zero attached hydrogens (tertiary/aromatic N) is 1. The Balaban J connectivity index is 2.15. The molecule has 0 heterocycles. The quantitative estimate of drug-likeness (QED) is 0.427. The molecule has 2 unspecified atom stereocenters. The molecule has 0 saturated heterocycles. The number of imide groups is 1. The molecule has 0 fully saturated rings. The van der Waals surface area contributed by atoms with Crippen molar-refractivity contribution in [3.8, 4) is 5.75 Å². The number of phenolic OH excluding ortho intramolecular Hbond substituents is 1. The van der Waals surface area contributed by atoms with E-state index in [1.165, 1.54) is 4.90 Å². The summed E-state index contributed by atoms with van der Waals surface area (Å²) in [6.07, 6.45) is 3.32. The number of benzene rings is 2. The van der Waals surface area contributed by atoms with Gasteiger partial charge in [0, 0.05) is 13.0 Å². The molecule has 0 aliphatic rings. The summed E-state index contributed by atoms with van der Waals surface area (Å²) in [5.74, 6) is -0.525. The number of hydrogen-bond donors (Lipinski definition) is 3. The molecule has 0 aliphatic heterocycles. The second-order valence-corrected chi connectivity index (χ2v) is 10.0. The molecular formula is C25H35N3O4S. The minimum absolute atomic E-state index is 0.158. The number of hydrogen-bond acceptors (Lipinski definition) is 6. The second kappa shape index (κ2) is 12.7. The maximum atomic E-state index is 13.3. The molecule has 33 heavy (non-hydrogen) atoms. The summed E-state index contributed by atoms with van der Waals surface area (Å²) in [5, 5.41) is 9.78. The number of rotatable bonds is 11. The van der Waals surface area contributed by atoms with Crippen molar-refractivity contribution in [2.75, 3.05) is 18.6 Å². The Morgan fingerprint density at radius 3 is 2.21 bits per heavy atom. The Bertz CT molecular complexity index is 913. The van der Waals surface area contributed by atoms with E-state index in [0.717, 1.165) is 22.3 Å². The molecule has 2 rings (SSSR count). The Morgan fingerprint density at radius 1 is 1.06 bits per heavy atom. The predicted molar refractivity (Wildman–Crippen MR) is 132 cm³/mol. The van der Waals surface area contributed by atoms with Gasteiger partial charge in [0.05, 0.1) is 18.3 Å². The third-order valence-corrected chi connectivity index (χ3v) is 6.49. The molecule has 7 nitrogen and oxygen atoms in total. The monoisotopic (exact) mass is 473 g/mol. The molecule has 0 spiro atoms. The summed E-state index contributed by atoms with van der Waals surface area (Å²) in [7, 11) is 0. The fourth-order valence-electron chi connectivity index (χ4n) is 3.83. The standard InChI is InChI=1S/C25H35N3O4S/c1-17-14-20(29)15-18(2)21(17)16-23(27)25(31)28(24(30)22(26)11-13-33(3)32)12-7-10-19-8-5-4-6-9-19/h4-6,8-9,14-15,22-23,29H,7,10-13,16,26-27H2,1-3H3/t22?,23-,33?/m1/s1. The first kappa shape index (κ1) is 26.9. The molecular weight excluding hydrogens is 438 g/mol. The van der Waals surface area contributed by atoms with Gasteiger partial charge in [0.25, 0.3) is 0 Å². The third-order valence-electron chi connectivity index (χ3n) is 5.68. The van der Waals surface area contributed by atoms with Crippen LogP contribution in [0, 0.1) is 13.8 Å². The highest BCUT2D eigenvalue weighted by molar-refractivity contribution is 7.90. The van der Waals surface area contributed by atoms with Crippen LogP contribution in [0.15, 0.2) is 42.5 Å². The van der Waals surface area contributed by atoms with Gasteiger partial charge in [-0.25, -0.2) is 0 Å². The molecule has 0 saturated carbocycles. The van der Waals surface area contributed by atoms with Gasteiger partial charge >= 0.3 is 0 Å². The van der Waals surface area contributed by atoms with Crippen LogP contribution < -0.4 is 11.5 Å². The van der Waals surface area contributed by atoms with E-state index in [2.05, 4.69) is 0 Å². The zero-order valence-electron chi connectivity index (χ0n) is 19.6. The van der Waals surface area contributed by atoms with Crippen molar-refractivity contribution in [2.24, 2.45) is 11.5 Å². The van der Waals surface area contributed by atoms with E-state index in [4.69, 9.17) is 11.5 Å². The Labute approximate surface area is 199 Å². The van der Waals surface area contributed by atoms with Gasteiger partial charge in [-0.3, -0.25) is 14.5 Å². The molecule has 0 aromatic heterocycles. The van der Waals surface area contributed by atoms with E-state index >= 15 is 0 Å². The van der Waals surface area contributed by atoms with Crippen LogP contribution in [0.4, 0.5) is 0 Å². The average Bonchev–Trinajstić information content (AvgIpc) is 2.77. The topological polar surface area (TPSA) is 133 Å². The highest BCUT2D eigenvalue weighted by Gasteiger charge is 2.30. The van der Waals surface area contributed by atoms with Crippen LogP contribution in [0.5, 0.6) is 5.75 Å². The summed E-state index contributed by atoms with van der Waals surface area (Å²) in [6, 6.07) is 11.2. The Morgan fingerprint density at radius 2 is 1.64 bits per heavy atom. The minimum Gasteiger partial charge on any atom is -0.617 e. The summed E-state index contributed by atoms with van der Waals surface area (Å²) in [5.41, 5.74) is 16.0. The number of nitrogens with two attached hydrogens (primary N) is 2. The first-order valence-corrected chi connectivity index (χ1v) is 12.8. The van der Waals surface area contributed by atoms with Crippen molar-refractivity contribution in [2.45, 2.75) is 51.6 Å². The predicted octanol–water partition coefficient (Wildman–Crippen LogP) is 1.96. The van der Waals surface area contributed by atoms with E-state index in [1.54, 1.807) is 18.4 Å². The first-order valence-electron chi connectivity index (χ1n) is 11.1. The maximum Gasteiger partial charge on any atom is 0.246 e. The second-order valence-electron chi connectivity index (χ2n) is 8.46. The SMILES string of the molecule is Cc1cc(O)cc(C)c1C[C@@H](N)C(=O)N(CCCc1ccccc1)C(=O)C(N)CC[S+](C)[O-]. The van der Waals surface area contributed by atoms with Crippen LogP contribution in [-0.4, -0.2) is 57.0 Å². The van der Waals surface area contributed by atoms with Crippen molar-refractivity contribution in [1.82, 2.24) is 4.90 Å². The summed E-state index contributed by atoms with van der Waals surface area (Å²) in [6.45, 7) is 3.91. The van der Waals surface area contributed by atoms with Gasteiger partial charge < -0.3 is 21.1 Å². The van der Waals surface area contributed by atoms with Crippen LogP contribution in [-0.2, 0) is 33.6 Å². The lowest BCUT2D eigenvalue weighted by atomic mass is 9.95. The molecule has 2 aromatic carbocycles. The summed E-state index contributed by atoms with van der Waals surface area (Å²) >= 11 is -1.08. The van der Waals surface area contributed by atoms with Gasteiger partial charge in [-0.15, -0.1) is 0 Å². The molecule has 5 N–H and O–H groups in total. The molecule has 0 radical (unpaired) electrons. The molecule has 2 aromatic rings. The van der Waals surface area contributed by atoms with E-state index < -0.39 is 35.1 Å². The number of carbonyl (C=O) groups is 2. The van der Waals surface area contributed by atoms with Gasteiger partial charge in [-0.1, -0.05) is 41.5 Å². The minimum atomic E-state index is -1.08. The highest BCUT2D eigenvalue weighted by atomic mass is 32.2. The smallest absolute Gasteiger partial charge is 0.246 e. The van der Waals surface area contributed by atoms with Gasteiger partial charge in [-0.2, -0.15) is 0 Å². The highest BCUT2D eigenvalue weighted by Crippen LogP contribution is 2.22. The van der Waals surface area contributed by atoms with E-state index in [1.807, 2.05) is 44.2 Å². The normalized spacial score (nSPS) is 13.9. The van der Waals surface area contributed by atoms with Crippen molar-refractivity contribution in [1.29, 1.82) is 0 Å². The molecule has 180 valence electrons. The van der Waals surface area contributed by atoms with Crippen molar-refractivity contribution in [3.05, 3.63) is 64.7 Å². The van der Waals surface area contributed by atoms with Crippen LogP contribution in [0.1, 0.15) is 35.1 Å². The van der Waals surface area contributed by atoms with E-state index in [0.29, 0.717) is 12.8 Å². The number of aryl methyl sites for hydroxylation is 3. The zero-order valence-corrected chi connectivity index (χ0v) is 20.4. The molecule has 2 amide bonds. The van der Waals surface area contributed by atoms with Gasteiger partial charge in [0.2, 0.25) is 11.8 Å². The number of aromatic hydroxyl groups is 1. The van der Waals surface area contributed by atoms with Gasteiger partial charge in [0.15, 0.2) is 0 Å². The van der Waals surface area contributed by atoms with Crippen molar-refractivity contribution >= 4 is 23.0 Å². The van der Waals surface area contributed by atoms with Crippen molar-refractivity contribution in [3.63, 3.8) is 0 Å². The van der Waals surface area contributed by atoms with Gasteiger partial charge in [0.1, 0.15) is 11.5 Å². The van der Waals surface area contributed by atoms with Crippen molar-refractivity contribution < 1.29 is 19.2 Å². The zero-order chi connectivity index (χ0) is 24.5. The van der Waals surface area contributed by atoms with Gasteiger partial charge in [-0.05, 0) is 67.5 Å². The molecule has 3 atom stereocenters. The largest absolute Gasteiger partial charge is 0.617 e. The lowest BCUT2D eigenvalue weighted by molar-refractivity contribution is -0.146. The fraction of sp³-hybridized carbons (Fsp3) is 0.440. The summed E-state index contributed by atoms with van der Waals surface area (Å²) in [4.78, 5) is 27.5. The van der Waals surface area contributed by atoms with Crippen LogP contribution in [0.25, 0.3) is 0 Å². The van der Waals surface area contributed by atoms with E-state index in [-0.39, 0.29) is 30.9 Å². The summed E-state index contributed by atoms with van der Waals surface area (Å²) < 4.78 is 11.4.